The van der Waals surface area contributed by atoms with Crippen LogP contribution >= 0.6 is 0 Å². The number of anilines is 1. The first-order chi connectivity index (χ1) is 8.39. The summed E-state index contributed by atoms with van der Waals surface area (Å²) < 4.78 is 32.6. The van der Waals surface area contributed by atoms with Crippen molar-refractivity contribution in [2.75, 3.05) is 12.3 Å². The summed E-state index contributed by atoms with van der Waals surface area (Å²) in [5.41, 5.74) is 4.30. The minimum atomic E-state index is -2.95. The molecule has 1 fully saturated rings. The van der Waals surface area contributed by atoms with Gasteiger partial charge in [0, 0.05) is 6.20 Å². The monoisotopic (exact) mass is 263 g/mol. The third-order valence-corrected chi connectivity index (χ3v) is 2.67. The summed E-state index contributed by atoms with van der Waals surface area (Å²) in [7, 11) is 0. The van der Waals surface area contributed by atoms with Crippen molar-refractivity contribution in [3.8, 4) is 0 Å². The molecule has 1 aromatic rings. The predicted molar refractivity (Wildman–Crippen MR) is 54.9 cm³/mol. The molecule has 0 aromatic carbocycles. The SMILES string of the molecule is Nc1ccn(C2OC(F)(CO)C(O)C2F)c(=O)n1. The Balaban J connectivity index is 2.38. The van der Waals surface area contributed by atoms with Gasteiger partial charge < -0.3 is 20.7 Å². The molecule has 4 atom stereocenters. The molecule has 0 amide bonds. The lowest BCUT2D eigenvalue weighted by Crippen LogP contribution is -2.41. The molecule has 0 spiro atoms. The van der Waals surface area contributed by atoms with E-state index < -0.39 is 36.7 Å². The Morgan fingerprint density at radius 3 is 2.83 bits per heavy atom. The van der Waals surface area contributed by atoms with Crippen LogP contribution < -0.4 is 11.4 Å². The van der Waals surface area contributed by atoms with Crippen LogP contribution in [0.5, 0.6) is 0 Å². The zero-order chi connectivity index (χ0) is 13.5. The van der Waals surface area contributed by atoms with Crippen molar-refractivity contribution in [3.05, 3.63) is 22.7 Å². The van der Waals surface area contributed by atoms with E-state index in [4.69, 9.17) is 10.8 Å². The quantitative estimate of drug-likeness (QED) is 0.612. The van der Waals surface area contributed by atoms with E-state index in [1.54, 1.807) is 0 Å². The number of hydrogen-bond acceptors (Lipinski definition) is 6. The molecule has 1 saturated heterocycles. The van der Waals surface area contributed by atoms with E-state index in [2.05, 4.69) is 9.72 Å². The standard InChI is InChI=1S/C9H11F2N3O4/c10-5-6(16)9(11,3-15)18-7(5)14-2-1-4(12)13-8(14)17/h1-2,5-7,15-16H,3H2,(H2,12,13,17). The van der Waals surface area contributed by atoms with Crippen LogP contribution in [0.15, 0.2) is 17.1 Å². The third-order valence-electron chi connectivity index (χ3n) is 2.67. The number of ether oxygens (including phenoxy) is 1. The van der Waals surface area contributed by atoms with Crippen molar-refractivity contribution in [3.63, 3.8) is 0 Å². The van der Waals surface area contributed by atoms with Crippen molar-refractivity contribution in [2.45, 2.75) is 24.4 Å². The maximum absolute atomic E-state index is 13.7. The van der Waals surface area contributed by atoms with Crippen molar-refractivity contribution < 1.29 is 23.7 Å². The van der Waals surface area contributed by atoms with Gasteiger partial charge in [0.15, 0.2) is 18.5 Å². The molecule has 0 bridgehead atoms. The van der Waals surface area contributed by atoms with Gasteiger partial charge in [-0.25, -0.2) is 13.6 Å². The van der Waals surface area contributed by atoms with Crippen LogP contribution in [0, 0.1) is 0 Å². The maximum atomic E-state index is 13.7. The summed E-state index contributed by atoms with van der Waals surface area (Å²) in [6.07, 6.45) is -5.06. The number of hydrogen-bond donors (Lipinski definition) is 3. The minimum Gasteiger partial charge on any atom is -0.390 e. The number of aromatic nitrogens is 2. The van der Waals surface area contributed by atoms with E-state index in [1.165, 1.54) is 6.07 Å². The second-order valence-corrected chi connectivity index (χ2v) is 3.88. The average Bonchev–Trinajstić information content (AvgIpc) is 2.55. The topological polar surface area (TPSA) is 111 Å². The van der Waals surface area contributed by atoms with Gasteiger partial charge in [-0.05, 0) is 6.07 Å². The highest BCUT2D eigenvalue weighted by atomic mass is 19.2. The summed E-state index contributed by atoms with van der Waals surface area (Å²) >= 11 is 0. The molecule has 9 heteroatoms. The highest BCUT2D eigenvalue weighted by molar-refractivity contribution is 5.23. The van der Waals surface area contributed by atoms with Crippen LogP contribution in [0.25, 0.3) is 0 Å². The summed E-state index contributed by atoms with van der Waals surface area (Å²) in [5.74, 6) is -3.04. The van der Waals surface area contributed by atoms with Crippen LogP contribution in [0.1, 0.15) is 6.23 Å². The number of nitrogens with zero attached hydrogens (tertiary/aromatic N) is 2. The van der Waals surface area contributed by atoms with E-state index in [9.17, 15) is 18.7 Å². The third kappa shape index (κ3) is 1.85. The first-order valence-corrected chi connectivity index (χ1v) is 5.03. The van der Waals surface area contributed by atoms with Gasteiger partial charge in [-0.3, -0.25) is 4.57 Å². The van der Waals surface area contributed by atoms with Gasteiger partial charge in [0.25, 0.3) is 5.85 Å². The lowest BCUT2D eigenvalue weighted by Gasteiger charge is -2.19. The van der Waals surface area contributed by atoms with Crippen LogP contribution in [-0.2, 0) is 4.74 Å². The highest BCUT2D eigenvalue weighted by Crippen LogP contribution is 2.39. The van der Waals surface area contributed by atoms with Crippen LogP contribution in [0.2, 0.25) is 0 Å². The van der Waals surface area contributed by atoms with Crippen molar-refractivity contribution in [2.24, 2.45) is 0 Å². The van der Waals surface area contributed by atoms with Gasteiger partial charge in [0.2, 0.25) is 0 Å². The predicted octanol–water partition coefficient (Wildman–Crippen LogP) is -1.29. The fourth-order valence-corrected chi connectivity index (χ4v) is 1.69. The van der Waals surface area contributed by atoms with Crippen molar-refractivity contribution >= 4 is 5.82 Å². The highest BCUT2D eigenvalue weighted by Gasteiger charge is 2.57. The summed E-state index contributed by atoms with van der Waals surface area (Å²) in [4.78, 5) is 14.8. The van der Waals surface area contributed by atoms with Gasteiger partial charge in [-0.2, -0.15) is 4.98 Å². The van der Waals surface area contributed by atoms with Gasteiger partial charge in [0.05, 0.1) is 0 Å². The molecule has 4 unspecified atom stereocenters. The Morgan fingerprint density at radius 2 is 2.33 bits per heavy atom. The molecule has 1 aromatic heterocycles. The summed E-state index contributed by atoms with van der Waals surface area (Å²) in [6.45, 7) is -1.23. The zero-order valence-electron chi connectivity index (χ0n) is 9.03. The zero-order valence-corrected chi connectivity index (χ0v) is 9.03. The molecule has 0 saturated carbocycles. The Labute approximate surface area is 99.4 Å². The number of halogens is 2. The van der Waals surface area contributed by atoms with Crippen molar-refractivity contribution in [1.82, 2.24) is 9.55 Å². The number of nitrogens with two attached hydrogens (primary N) is 1. The molecule has 100 valence electrons. The maximum Gasteiger partial charge on any atom is 0.351 e. The Bertz CT molecular complexity index is 511. The molecular formula is C9H11F2N3O4. The van der Waals surface area contributed by atoms with Gasteiger partial charge >= 0.3 is 5.69 Å². The fourth-order valence-electron chi connectivity index (χ4n) is 1.69. The number of aliphatic hydroxyl groups is 2. The first kappa shape index (κ1) is 12.9. The molecule has 0 radical (unpaired) electrons. The second-order valence-electron chi connectivity index (χ2n) is 3.88. The molecule has 4 N–H and O–H groups in total. The number of aliphatic hydroxyl groups excluding tert-OH is 2. The molecule has 18 heavy (non-hydrogen) atoms. The molecule has 0 aliphatic carbocycles. The molecule has 2 rings (SSSR count). The fraction of sp³-hybridized carbons (Fsp3) is 0.556. The molecule has 1 aliphatic heterocycles. The lowest BCUT2D eigenvalue weighted by atomic mass is 10.1. The van der Waals surface area contributed by atoms with Crippen molar-refractivity contribution in [1.29, 1.82) is 0 Å². The van der Waals surface area contributed by atoms with E-state index >= 15 is 0 Å². The Hall–Kier alpha value is -1.58. The van der Waals surface area contributed by atoms with E-state index in [0.29, 0.717) is 4.57 Å². The Kier molecular flexibility index (Phi) is 3.05. The summed E-state index contributed by atoms with van der Waals surface area (Å²) in [6, 6.07) is 1.20. The van der Waals surface area contributed by atoms with Gasteiger partial charge in [0.1, 0.15) is 12.4 Å². The average molecular weight is 263 g/mol. The minimum absolute atomic E-state index is 0.0844. The molecule has 2 heterocycles. The van der Waals surface area contributed by atoms with E-state index in [-0.39, 0.29) is 5.82 Å². The van der Waals surface area contributed by atoms with Crippen LogP contribution in [-0.4, -0.2) is 44.5 Å². The molecular weight excluding hydrogens is 252 g/mol. The van der Waals surface area contributed by atoms with E-state index in [0.717, 1.165) is 6.20 Å². The van der Waals surface area contributed by atoms with Crippen LogP contribution in [0.3, 0.4) is 0 Å². The second kappa shape index (κ2) is 4.26. The smallest absolute Gasteiger partial charge is 0.351 e. The lowest BCUT2D eigenvalue weighted by molar-refractivity contribution is -0.207. The number of rotatable bonds is 2. The first-order valence-electron chi connectivity index (χ1n) is 5.03. The largest absolute Gasteiger partial charge is 0.390 e. The number of nitrogen functional groups attached to an aromatic ring is 1. The Morgan fingerprint density at radius 1 is 1.67 bits per heavy atom. The molecule has 1 aliphatic rings. The molecule has 7 nitrogen and oxygen atoms in total. The van der Waals surface area contributed by atoms with Crippen LogP contribution in [0.4, 0.5) is 14.6 Å². The summed E-state index contributed by atoms with van der Waals surface area (Å²) in [5, 5.41) is 18.0. The number of alkyl halides is 2. The van der Waals surface area contributed by atoms with E-state index in [1.807, 2.05) is 0 Å². The van der Waals surface area contributed by atoms with Gasteiger partial charge in [-0.15, -0.1) is 0 Å². The van der Waals surface area contributed by atoms with Gasteiger partial charge in [-0.1, -0.05) is 0 Å². The normalized spacial score (nSPS) is 35.9.